The summed E-state index contributed by atoms with van der Waals surface area (Å²) in [4.78, 5) is 14.6. The molecule has 21 heavy (non-hydrogen) atoms. The van der Waals surface area contributed by atoms with Gasteiger partial charge in [0.1, 0.15) is 17.2 Å². The average Bonchev–Trinajstić information content (AvgIpc) is 2.40. The molecule has 4 nitrogen and oxygen atoms in total. The lowest BCUT2D eigenvalue weighted by Crippen LogP contribution is -2.11. The van der Waals surface area contributed by atoms with Gasteiger partial charge in [-0.05, 0) is 41.7 Å². The second-order valence-electron chi connectivity index (χ2n) is 6.02. The maximum absolute atomic E-state index is 10.8. The Hall–Kier alpha value is -2.36. The van der Waals surface area contributed by atoms with Crippen molar-refractivity contribution >= 4 is 5.97 Å². The number of carboxylic acids is 1. The third-order valence-corrected chi connectivity index (χ3v) is 3.22. The fraction of sp³-hybridized carbons (Fsp3) is 0.294. The highest BCUT2D eigenvalue weighted by atomic mass is 16.5. The Morgan fingerprint density at radius 3 is 2.38 bits per heavy atom. The number of rotatable bonds is 3. The Balaban J connectivity index is 2.22. The largest absolute Gasteiger partial charge is 0.477 e. The number of aromatic carboxylic acids is 1. The van der Waals surface area contributed by atoms with Crippen LogP contribution in [0.1, 0.15) is 42.4 Å². The number of pyridine rings is 1. The maximum atomic E-state index is 10.8. The van der Waals surface area contributed by atoms with Crippen LogP contribution in [0.3, 0.4) is 0 Å². The van der Waals surface area contributed by atoms with Crippen molar-refractivity contribution in [2.45, 2.75) is 33.1 Å². The molecule has 0 radical (unpaired) electrons. The molecule has 1 aromatic carbocycles. The van der Waals surface area contributed by atoms with Gasteiger partial charge < -0.3 is 9.84 Å². The fourth-order valence-corrected chi connectivity index (χ4v) is 1.92. The molecule has 0 unspecified atom stereocenters. The topological polar surface area (TPSA) is 59.4 Å². The molecule has 0 spiro atoms. The van der Waals surface area contributed by atoms with Gasteiger partial charge in [-0.2, -0.15) is 0 Å². The van der Waals surface area contributed by atoms with Gasteiger partial charge in [-0.3, -0.25) is 0 Å². The van der Waals surface area contributed by atoms with Gasteiger partial charge >= 0.3 is 5.97 Å². The molecule has 1 N–H and O–H groups in total. The van der Waals surface area contributed by atoms with E-state index in [9.17, 15) is 4.79 Å². The number of hydrogen-bond acceptors (Lipinski definition) is 3. The second kappa shape index (κ2) is 5.56. The first-order chi connectivity index (χ1) is 9.77. The zero-order valence-electron chi connectivity index (χ0n) is 12.7. The number of carboxylic acid groups (broad SMARTS) is 1. The third kappa shape index (κ3) is 3.60. The monoisotopic (exact) mass is 285 g/mol. The van der Waals surface area contributed by atoms with Crippen LogP contribution >= 0.6 is 0 Å². The first kappa shape index (κ1) is 15.0. The predicted molar refractivity (Wildman–Crippen MR) is 81.1 cm³/mol. The molecule has 1 heterocycles. The molecule has 0 saturated heterocycles. The smallest absolute Gasteiger partial charge is 0.354 e. The van der Waals surface area contributed by atoms with Crippen LogP contribution in [0.25, 0.3) is 0 Å². The SMILES string of the molecule is Cc1cc(C(C)(C)C)ccc1Oc1ccc(C(=O)O)nc1. The normalized spacial score (nSPS) is 11.2. The van der Waals surface area contributed by atoms with E-state index in [0.29, 0.717) is 5.75 Å². The molecule has 0 aliphatic heterocycles. The molecule has 0 aliphatic rings. The number of aryl methyl sites for hydroxylation is 1. The van der Waals surface area contributed by atoms with Gasteiger partial charge in [0, 0.05) is 0 Å². The van der Waals surface area contributed by atoms with Crippen molar-refractivity contribution in [3.63, 3.8) is 0 Å². The lowest BCUT2D eigenvalue weighted by molar-refractivity contribution is 0.0690. The van der Waals surface area contributed by atoms with Crippen LogP contribution in [0, 0.1) is 6.92 Å². The molecular weight excluding hydrogens is 266 g/mol. The fourth-order valence-electron chi connectivity index (χ4n) is 1.92. The Morgan fingerprint density at radius 1 is 1.19 bits per heavy atom. The minimum Gasteiger partial charge on any atom is -0.477 e. The molecule has 110 valence electrons. The van der Waals surface area contributed by atoms with E-state index in [0.717, 1.165) is 11.3 Å². The van der Waals surface area contributed by atoms with Crippen LogP contribution in [0.5, 0.6) is 11.5 Å². The van der Waals surface area contributed by atoms with Crippen molar-refractivity contribution in [1.29, 1.82) is 0 Å². The number of hydrogen-bond donors (Lipinski definition) is 1. The molecule has 0 fully saturated rings. The van der Waals surface area contributed by atoms with Gasteiger partial charge in [0.2, 0.25) is 0 Å². The van der Waals surface area contributed by atoms with E-state index < -0.39 is 5.97 Å². The van der Waals surface area contributed by atoms with Gasteiger partial charge in [0.25, 0.3) is 0 Å². The van der Waals surface area contributed by atoms with Crippen LogP contribution in [0.4, 0.5) is 0 Å². The van der Waals surface area contributed by atoms with Crippen molar-refractivity contribution in [2.24, 2.45) is 0 Å². The summed E-state index contributed by atoms with van der Waals surface area (Å²) in [5.74, 6) is 0.215. The molecule has 2 rings (SSSR count). The summed E-state index contributed by atoms with van der Waals surface area (Å²) in [7, 11) is 0. The zero-order chi connectivity index (χ0) is 15.6. The van der Waals surface area contributed by atoms with Gasteiger partial charge in [0.05, 0.1) is 6.20 Å². The lowest BCUT2D eigenvalue weighted by atomic mass is 9.86. The predicted octanol–water partition coefficient (Wildman–Crippen LogP) is 4.18. The number of carbonyl (C=O) groups is 1. The third-order valence-electron chi connectivity index (χ3n) is 3.22. The Kier molecular flexibility index (Phi) is 3.98. The summed E-state index contributed by atoms with van der Waals surface area (Å²) < 4.78 is 5.76. The highest BCUT2D eigenvalue weighted by Gasteiger charge is 2.15. The zero-order valence-corrected chi connectivity index (χ0v) is 12.7. The molecule has 0 amide bonds. The summed E-state index contributed by atoms with van der Waals surface area (Å²) >= 11 is 0. The van der Waals surface area contributed by atoms with Crippen molar-refractivity contribution in [3.05, 3.63) is 53.3 Å². The van der Waals surface area contributed by atoms with Gasteiger partial charge in [0.15, 0.2) is 0 Å². The summed E-state index contributed by atoms with van der Waals surface area (Å²) in [6.45, 7) is 8.48. The van der Waals surface area contributed by atoms with Crippen LogP contribution in [0.15, 0.2) is 36.5 Å². The molecule has 0 bridgehead atoms. The summed E-state index contributed by atoms with van der Waals surface area (Å²) in [6.07, 6.45) is 1.42. The molecule has 0 saturated carbocycles. The average molecular weight is 285 g/mol. The number of aromatic nitrogens is 1. The number of nitrogens with zero attached hydrogens (tertiary/aromatic N) is 1. The van der Waals surface area contributed by atoms with Crippen molar-refractivity contribution in [2.75, 3.05) is 0 Å². The Labute approximate surface area is 124 Å². The van der Waals surface area contributed by atoms with Gasteiger partial charge in [-0.15, -0.1) is 0 Å². The summed E-state index contributed by atoms with van der Waals surface area (Å²) in [5, 5.41) is 8.81. The lowest BCUT2D eigenvalue weighted by Gasteiger charge is -2.20. The molecule has 0 aliphatic carbocycles. The molecule has 0 atom stereocenters. The van der Waals surface area contributed by atoms with Crippen molar-refractivity contribution in [1.82, 2.24) is 4.98 Å². The Bertz CT molecular complexity index is 655. The van der Waals surface area contributed by atoms with Crippen LogP contribution in [0.2, 0.25) is 0 Å². The van der Waals surface area contributed by atoms with Crippen molar-refractivity contribution < 1.29 is 14.6 Å². The number of benzene rings is 1. The maximum Gasteiger partial charge on any atom is 0.354 e. The van der Waals surface area contributed by atoms with Crippen molar-refractivity contribution in [3.8, 4) is 11.5 Å². The van der Waals surface area contributed by atoms with E-state index in [2.05, 4.69) is 31.8 Å². The molecule has 1 aromatic heterocycles. The van der Waals surface area contributed by atoms with E-state index in [1.807, 2.05) is 19.1 Å². The quantitative estimate of drug-likeness (QED) is 0.919. The molecular formula is C17H19NO3. The Morgan fingerprint density at radius 2 is 1.90 bits per heavy atom. The van der Waals surface area contributed by atoms with E-state index in [4.69, 9.17) is 9.84 Å². The highest BCUT2D eigenvalue weighted by Crippen LogP contribution is 2.30. The standard InChI is InChI=1S/C17H19NO3/c1-11-9-12(17(2,3)4)5-8-15(11)21-13-6-7-14(16(19)20)18-10-13/h5-10H,1-4H3,(H,19,20). The van der Waals surface area contributed by atoms with E-state index >= 15 is 0 Å². The van der Waals surface area contributed by atoms with Gasteiger partial charge in [-0.1, -0.05) is 32.9 Å². The summed E-state index contributed by atoms with van der Waals surface area (Å²) in [5.41, 5.74) is 2.37. The highest BCUT2D eigenvalue weighted by molar-refractivity contribution is 5.85. The minimum absolute atomic E-state index is 0.00199. The van der Waals surface area contributed by atoms with Crippen LogP contribution in [-0.2, 0) is 5.41 Å². The first-order valence-electron chi connectivity index (χ1n) is 6.76. The molecule has 4 heteroatoms. The minimum atomic E-state index is -1.05. The van der Waals surface area contributed by atoms with Crippen LogP contribution < -0.4 is 4.74 Å². The van der Waals surface area contributed by atoms with Crippen LogP contribution in [-0.4, -0.2) is 16.1 Å². The van der Waals surface area contributed by atoms with E-state index in [1.54, 1.807) is 6.07 Å². The summed E-state index contributed by atoms with van der Waals surface area (Å²) in [6, 6.07) is 9.11. The van der Waals surface area contributed by atoms with Gasteiger partial charge in [-0.25, -0.2) is 9.78 Å². The van der Waals surface area contributed by atoms with E-state index in [-0.39, 0.29) is 11.1 Å². The number of ether oxygens (including phenoxy) is 1. The molecule has 2 aromatic rings. The second-order valence-corrected chi connectivity index (χ2v) is 6.02. The first-order valence-corrected chi connectivity index (χ1v) is 6.76. The van der Waals surface area contributed by atoms with E-state index in [1.165, 1.54) is 17.8 Å².